The fourth-order valence-corrected chi connectivity index (χ4v) is 6.64. The van der Waals surface area contributed by atoms with E-state index >= 15 is 0 Å². The number of hydrogen-bond acceptors (Lipinski definition) is 9. The zero-order valence-electron chi connectivity index (χ0n) is 29.6. The van der Waals surface area contributed by atoms with Gasteiger partial charge in [-0.2, -0.15) is 0 Å². The minimum atomic E-state index is -0.551. The molecule has 2 heterocycles. The number of methoxy groups -OCH3 is 3. The molecule has 2 saturated heterocycles. The van der Waals surface area contributed by atoms with Gasteiger partial charge in [0.15, 0.2) is 10.2 Å². The summed E-state index contributed by atoms with van der Waals surface area (Å²) in [5.41, 5.74) is 2.98. The van der Waals surface area contributed by atoms with Crippen molar-refractivity contribution in [3.05, 3.63) is 119 Å². The van der Waals surface area contributed by atoms with Crippen LogP contribution in [-0.4, -0.2) is 55.2 Å². The summed E-state index contributed by atoms with van der Waals surface area (Å²) in [6.45, 7) is 2.07. The molecule has 5 aromatic carbocycles. The summed E-state index contributed by atoms with van der Waals surface area (Å²) >= 11 is 10.1. The Hall–Kier alpha value is -6.44. The van der Waals surface area contributed by atoms with Crippen molar-refractivity contribution < 1.29 is 33.4 Å². The van der Waals surface area contributed by atoms with Crippen molar-refractivity contribution in [3.63, 3.8) is 0 Å². The first-order chi connectivity index (χ1) is 26.1. The van der Waals surface area contributed by atoms with Gasteiger partial charge in [-0.3, -0.25) is 40.0 Å². The van der Waals surface area contributed by atoms with E-state index in [1.165, 1.54) is 4.90 Å². The smallest absolute Gasteiger partial charge is 0.270 e. The first-order valence-electron chi connectivity index (χ1n) is 16.7. The van der Waals surface area contributed by atoms with Crippen LogP contribution in [-0.2, 0) is 25.6 Å². The Morgan fingerprint density at radius 3 is 1.83 bits per heavy atom. The van der Waals surface area contributed by atoms with E-state index in [2.05, 4.69) is 22.9 Å². The van der Waals surface area contributed by atoms with Crippen molar-refractivity contribution >= 4 is 97.7 Å². The molecule has 0 aromatic heterocycles. The number of rotatable bonds is 7. The molecule has 5 aromatic rings. The highest BCUT2D eigenvalue weighted by molar-refractivity contribution is 7.80. The highest BCUT2D eigenvalue weighted by Crippen LogP contribution is 2.34. The molecule has 54 heavy (non-hydrogen) atoms. The van der Waals surface area contributed by atoms with Crippen molar-refractivity contribution in [2.45, 2.75) is 13.3 Å². The summed E-state index contributed by atoms with van der Waals surface area (Å²) < 4.78 is 16.1. The van der Waals surface area contributed by atoms with E-state index < -0.39 is 23.6 Å². The van der Waals surface area contributed by atoms with Crippen molar-refractivity contribution in [2.75, 3.05) is 26.2 Å². The molecule has 0 aliphatic carbocycles. The van der Waals surface area contributed by atoms with E-state index in [-0.39, 0.29) is 21.4 Å². The predicted octanol–water partition coefficient (Wildman–Crippen LogP) is 6.01. The second kappa shape index (κ2) is 16.1. The Morgan fingerprint density at radius 1 is 0.630 bits per heavy atom. The van der Waals surface area contributed by atoms with Gasteiger partial charge in [-0.25, -0.2) is 0 Å². The number of anilines is 1. The van der Waals surface area contributed by atoms with E-state index in [4.69, 9.17) is 38.6 Å². The molecule has 0 saturated carbocycles. The average molecular weight is 759 g/mol. The van der Waals surface area contributed by atoms with E-state index in [9.17, 15) is 19.2 Å². The monoisotopic (exact) mass is 758 g/mol. The van der Waals surface area contributed by atoms with Crippen LogP contribution in [0.1, 0.15) is 23.6 Å². The largest absolute Gasteiger partial charge is 0.497 e. The van der Waals surface area contributed by atoms with Gasteiger partial charge < -0.3 is 14.2 Å². The lowest BCUT2D eigenvalue weighted by Gasteiger charge is -2.29. The van der Waals surface area contributed by atoms with Crippen molar-refractivity contribution in [3.8, 4) is 17.2 Å². The maximum Gasteiger partial charge on any atom is 0.270 e. The number of hydrogen-bond donors (Lipinski definition) is 3. The maximum atomic E-state index is 13.3. The normalized spacial score (nSPS) is 15.0. The van der Waals surface area contributed by atoms with Crippen LogP contribution < -0.4 is 35.1 Å². The molecular formula is C41H34N4O7S2. The molecule has 4 amide bonds. The molecule has 0 spiro atoms. The van der Waals surface area contributed by atoms with E-state index in [1.54, 1.807) is 57.7 Å². The molecule has 272 valence electrons. The fraction of sp³-hybridized carbons (Fsp3) is 0.122. The average Bonchev–Trinajstić information content (AvgIpc) is 3.18. The van der Waals surface area contributed by atoms with Gasteiger partial charge in [-0.05, 0) is 107 Å². The van der Waals surface area contributed by atoms with Gasteiger partial charge in [0, 0.05) is 11.1 Å². The lowest BCUT2D eigenvalue weighted by atomic mass is 9.95. The number of thiocarbonyl (C=S) groups is 2. The van der Waals surface area contributed by atoms with Gasteiger partial charge in [-0.15, -0.1) is 0 Å². The number of fused-ring (bicyclic) bond motifs is 2. The van der Waals surface area contributed by atoms with E-state index in [0.29, 0.717) is 34.1 Å². The number of nitrogens with one attached hydrogen (secondary N) is 3. The van der Waals surface area contributed by atoms with Crippen LogP contribution in [0.15, 0.2) is 102 Å². The first kappa shape index (κ1) is 37.3. The van der Waals surface area contributed by atoms with Gasteiger partial charge >= 0.3 is 0 Å². The number of carbonyl (C=O) groups is 4. The third-order valence-electron chi connectivity index (χ3n) is 8.84. The predicted molar refractivity (Wildman–Crippen MR) is 216 cm³/mol. The van der Waals surface area contributed by atoms with Crippen LogP contribution in [0.25, 0.3) is 33.7 Å². The van der Waals surface area contributed by atoms with Gasteiger partial charge in [0.2, 0.25) is 0 Å². The molecule has 0 atom stereocenters. The maximum absolute atomic E-state index is 13.3. The summed E-state index contributed by atoms with van der Waals surface area (Å²) in [5.74, 6) is -0.273. The Labute approximate surface area is 321 Å². The first-order valence-corrected chi connectivity index (χ1v) is 17.5. The number of ether oxygens (including phenoxy) is 3. The van der Waals surface area contributed by atoms with Gasteiger partial charge in [0.25, 0.3) is 23.6 Å². The minimum absolute atomic E-state index is 0.00342. The topological polar surface area (TPSA) is 135 Å². The van der Waals surface area contributed by atoms with Crippen molar-refractivity contribution in [2.24, 2.45) is 0 Å². The Bertz CT molecular complexity index is 2420. The van der Waals surface area contributed by atoms with Crippen LogP contribution in [0, 0.1) is 0 Å². The molecule has 2 aliphatic heterocycles. The van der Waals surface area contributed by atoms with Crippen molar-refractivity contribution in [1.82, 2.24) is 16.0 Å². The van der Waals surface area contributed by atoms with Crippen LogP contribution >= 0.6 is 24.4 Å². The molecule has 3 N–H and O–H groups in total. The number of benzene rings is 5. The summed E-state index contributed by atoms with van der Waals surface area (Å²) in [6, 6.07) is 28.1. The van der Waals surface area contributed by atoms with Gasteiger partial charge in [0.05, 0.1) is 27.0 Å². The highest BCUT2D eigenvalue weighted by Gasteiger charge is 2.35. The lowest BCUT2D eigenvalue weighted by Crippen LogP contribution is -2.54. The SMILES string of the molecule is CCc1cc(OC)c(C=C2C(=O)NC(=S)NC2=O)c2ccccc12.COc1ccc(N2C(=O)/C(=C\c3c(OC)ccc4ccccc34)C(=O)NC2=S)cc1. The molecule has 2 fully saturated rings. The van der Waals surface area contributed by atoms with Crippen molar-refractivity contribution in [1.29, 1.82) is 0 Å². The van der Waals surface area contributed by atoms with E-state index in [0.717, 1.165) is 33.5 Å². The Kier molecular flexibility index (Phi) is 11.1. The molecule has 11 nitrogen and oxygen atoms in total. The van der Waals surface area contributed by atoms with E-state index in [1.807, 2.05) is 66.7 Å². The zero-order chi connectivity index (χ0) is 38.5. The molecule has 2 aliphatic rings. The van der Waals surface area contributed by atoms with Crippen LogP contribution in [0.4, 0.5) is 5.69 Å². The third kappa shape index (κ3) is 7.40. The van der Waals surface area contributed by atoms with Crippen LogP contribution in [0.3, 0.4) is 0 Å². The Morgan fingerprint density at radius 2 is 1.20 bits per heavy atom. The summed E-state index contributed by atoms with van der Waals surface area (Å²) in [7, 11) is 4.68. The second-order valence-electron chi connectivity index (χ2n) is 11.9. The standard InChI is InChI=1S/C23H18N2O4S.C18H16N2O3S/c1-28-16-10-8-15(9-11-16)25-22(27)19(21(26)24-23(25)30)13-18-17-6-4-3-5-14(17)7-12-20(18)29-2;1-3-10-8-15(23-2)13(12-7-5-4-6-11(10)12)9-14-16(21)19-18(24)20-17(14)22/h3-13H,1-2H3,(H,24,26,30);4-9H,3H2,1-2H3,(H2,19,20,21,22,24)/b19-13-;. The minimum Gasteiger partial charge on any atom is -0.497 e. The lowest BCUT2D eigenvalue weighted by molar-refractivity contribution is -0.124. The number of carbonyl (C=O) groups excluding carboxylic acids is 4. The second-order valence-corrected chi connectivity index (χ2v) is 12.7. The molecule has 13 heteroatoms. The quantitative estimate of drug-likeness (QED) is 0.104. The number of nitrogens with zero attached hydrogens (tertiary/aromatic N) is 1. The van der Waals surface area contributed by atoms with Gasteiger partial charge in [0.1, 0.15) is 28.4 Å². The van der Waals surface area contributed by atoms with Crippen LogP contribution in [0.2, 0.25) is 0 Å². The Balaban J connectivity index is 0.000000189. The molecule has 7 rings (SSSR count). The summed E-state index contributed by atoms with van der Waals surface area (Å²) in [4.78, 5) is 51.4. The van der Waals surface area contributed by atoms with Gasteiger partial charge in [-0.1, -0.05) is 61.5 Å². The molecule has 0 radical (unpaired) electrons. The number of aryl methyl sites for hydroxylation is 1. The number of amides is 4. The molecular weight excluding hydrogens is 725 g/mol. The third-order valence-corrected chi connectivity index (χ3v) is 9.33. The summed E-state index contributed by atoms with van der Waals surface area (Å²) in [5, 5.41) is 11.4. The molecule has 0 bridgehead atoms. The summed E-state index contributed by atoms with van der Waals surface area (Å²) in [6.07, 6.45) is 3.95. The zero-order valence-corrected chi connectivity index (χ0v) is 31.3. The highest BCUT2D eigenvalue weighted by atomic mass is 32.1. The van der Waals surface area contributed by atoms with Crippen LogP contribution in [0.5, 0.6) is 17.2 Å². The molecule has 0 unspecified atom stereocenters. The fourth-order valence-electron chi connectivity index (χ4n) is 6.18.